The minimum atomic E-state index is 0.705. The van der Waals surface area contributed by atoms with Gasteiger partial charge in [-0.2, -0.15) is 0 Å². The van der Waals surface area contributed by atoms with Crippen LogP contribution in [0.4, 0.5) is 0 Å². The monoisotopic (exact) mass is 236 g/mol. The highest BCUT2D eigenvalue weighted by atomic mass is 14.4. The van der Waals surface area contributed by atoms with Crippen molar-refractivity contribution in [2.45, 2.75) is 66.7 Å². The summed E-state index contributed by atoms with van der Waals surface area (Å²) in [5, 5.41) is 0. The molecule has 0 aromatic rings. The average molecular weight is 236 g/mol. The molecule has 1 aliphatic rings. The third-order valence-corrected chi connectivity index (χ3v) is 5.56. The predicted octanol–water partition coefficient (Wildman–Crippen LogP) is 5.69. The first-order chi connectivity index (χ1) is 8.01. The maximum atomic E-state index is 4.24. The zero-order valence-electron chi connectivity index (χ0n) is 12.6. The van der Waals surface area contributed by atoms with Gasteiger partial charge in [0.25, 0.3) is 0 Å². The molecule has 0 nitrogen and oxygen atoms in total. The van der Waals surface area contributed by atoms with Gasteiger partial charge in [0.15, 0.2) is 0 Å². The molecule has 1 aliphatic carbocycles. The molecule has 0 N–H and O–H groups in total. The number of rotatable bonds is 5. The quantitative estimate of drug-likeness (QED) is 0.538. The van der Waals surface area contributed by atoms with Crippen LogP contribution in [0.1, 0.15) is 66.7 Å². The number of hydrogen-bond acceptors (Lipinski definition) is 0. The molecule has 0 heterocycles. The molecule has 0 aromatic carbocycles. The first-order valence-electron chi connectivity index (χ1n) is 7.68. The maximum absolute atomic E-state index is 4.24. The van der Waals surface area contributed by atoms with Gasteiger partial charge in [0.2, 0.25) is 0 Å². The smallest absolute Gasteiger partial charge is 0.0206 e. The fourth-order valence-electron chi connectivity index (χ4n) is 3.60. The molecule has 0 radical (unpaired) electrons. The van der Waals surface area contributed by atoms with E-state index < -0.39 is 0 Å². The largest absolute Gasteiger partial charge is 0.0996 e. The first kappa shape index (κ1) is 14.8. The van der Waals surface area contributed by atoms with Crippen molar-refractivity contribution in [1.29, 1.82) is 0 Å². The molecule has 1 fully saturated rings. The Kier molecular flexibility index (Phi) is 5.76. The van der Waals surface area contributed by atoms with Crippen LogP contribution in [0.5, 0.6) is 0 Å². The van der Waals surface area contributed by atoms with E-state index in [1.54, 1.807) is 0 Å². The van der Waals surface area contributed by atoms with Gasteiger partial charge in [0.05, 0.1) is 0 Å². The van der Waals surface area contributed by atoms with Crippen molar-refractivity contribution in [3.8, 4) is 0 Å². The third kappa shape index (κ3) is 3.60. The first-order valence-corrected chi connectivity index (χ1v) is 7.68. The molecule has 100 valence electrons. The summed E-state index contributed by atoms with van der Waals surface area (Å²) in [6.45, 7) is 16.1. The van der Waals surface area contributed by atoms with E-state index >= 15 is 0 Å². The second kappa shape index (κ2) is 6.61. The third-order valence-electron chi connectivity index (χ3n) is 5.56. The van der Waals surface area contributed by atoms with Gasteiger partial charge in [-0.05, 0) is 48.9 Å². The SMILES string of the molecule is C=C(CC)C(C)C(C)C1CCC(C)C(CC)C1. The van der Waals surface area contributed by atoms with Crippen molar-refractivity contribution >= 4 is 0 Å². The summed E-state index contributed by atoms with van der Waals surface area (Å²) in [5.74, 6) is 4.39. The van der Waals surface area contributed by atoms with Crippen LogP contribution >= 0.6 is 0 Å². The molecule has 0 heteroatoms. The van der Waals surface area contributed by atoms with E-state index in [0.29, 0.717) is 5.92 Å². The molecular formula is C17H32. The Hall–Kier alpha value is -0.260. The van der Waals surface area contributed by atoms with Crippen LogP contribution < -0.4 is 0 Å². The topological polar surface area (TPSA) is 0 Å². The van der Waals surface area contributed by atoms with Crippen LogP contribution in [-0.4, -0.2) is 0 Å². The lowest BCUT2D eigenvalue weighted by Gasteiger charge is -2.39. The minimum Gasteiger partial charge on any atom is -0.0996 e. The summed E-state index contributed by atoms with van der Waals surface area (Å²) in [5.41, 5.74) is 1.45. The zero-order chi connectivity index (χ0) is 13.0. The molecule has 17 heavy (non-hydrogen) atoms. The molecule has 0 aromatic heterocycles. The van der Waals surface area contributed by atoms with E-state index in [-0.39, 0.29) is 0 Å². The Balaban J connectivity index is 2.58. The van der Waals surface area contributed by atoms with E-state index in [1.165, 1.54) is 31.3 Å². The summed E-state index contributed by atoms with van der Waals surface area (Å²) in [6, 6.07) is 0. The van der Waals surface area contributed by atoms with Crippen LogP contribution in [0.3, 0.4) is 0 Å². The van der Waals surface area contributed by atoms with Crippen LogP contribution in [0.25, 0.3) is 0 Å². The molecule has 0 bridgehead atoms. The normalized spacial score (nSPS) is 33.1. The van der Waals surface area contributed by atoms with Crippen molar-refractivity contribution in [1.82, 2.24) is 0 Å². The molecule has 0 spiro atoms. The fraction of sp³-hybridized carbons (Fsp3) is 0.882. The fourth-order valence-corrected chi connectivity index (χ4v) is 3.60. The summed E-state index contributed by atoms with van der Waals surface area (Å²) < 4.78 is 0. The van der Waals surface area contributed by atoms with Crippen molar-refractivity contribution in [3.05, 3.63) is 12.2 Å². The Morgan fingerprint density at radius 3 is 2.41 bits per heavy atom. The molecular weight excluding hydrogens is 204 g/mol. The van der Waals surface area contributed by atoms with Crippen molar-refractivity contribution in [3.63, 3.8) is 0 Å². The van der Waals surface area contributed by atoms with Gasteiger partial charge in [0, 0.05) is 0 Å². The summed E-state index contributed by atoms with van der Waals surface area (Å²) in [6.07, 6.45) is 6.86. The van der Waals surface area contributed by atoms with E-state index in [1.807, 2.05) is 0 Å². The Morgan fingerprint density at radius 2 is 1.88 bits per heavy atom. The lowest BCUT2D eigenvalue weighted by atomic mass is 9.67. The lowest BCUT2D eigenvalue weighted by Crippen LogP contribution is -2.29. The van der Waals surface area contributed by atoms with E-state index in [0.717, 1.165) is 30.1 Å². The molecule has 5 unspecified atom stereocenters. The van der Waals surface area contributed by atoms with Gasteiger partial charge in [-0.15, -0.1) is 0 Å². The molecule has 1 saturated carbocycles. The van der Waals surface area contributed by atoms with Gasteiger partial charge < -0.3 is 0 Å². The number of allylic oxidation sites excluding steroid dienone is 1. The van der Waals surface area contributed by atoms with E-state index in [4.69, 9.17) is 0 Å². The standard InChI is InChI=1S/C17H32/c1-7-12(3)14(5)15(6)17-10-9-13(4)16(8-2)11-17/h13-17H,3,7-11H2,1-2,4-6H3. The van der Waals surface area contributed by atoms with Gasteiger partial charge in [-0.1, -0.05) is 59.6 Å². The van der Waals surface area contributed by atoms with Crippen LogP contribution in [0.15, 0.2) is 12.2 Å². The van der Waals surface area contributed by atoms with Crippen molar-refractivity contribution < 1.29 is 0 Å². The Labute approximate surface area is 109 Å². The van der Waals surface area contributed by atoms with Gasteiger partial charge in [0.1, 0.15) is 0 Å². The highest BCUT2D eigenvalue weighted by Gasteiger charge is 2.31. The molecule has 1 rings (SSSR count). The zero-order valence-corrected chi connectivity index (χ0v) is 12.6. The molecule has 0 saturated heterocycles. The summed E-state index contributed by atoms with van der Waals surface area (Å²) in [4.78, 5) is 0. The molecule has 0 amide bonds. The van der Waals surface area contributed by atoms with Crippen LogP contribution in [0, 0.1) is 29.6 Å². The summed E-state index contributed by atoms with van der Waals surface area (Å²) in [7, 11) is 0. The van der Waals surface area contributed by atoms with E-state index in [2.05, 4.69) is 41.2 Å². The number of hydrogen-bond donors (Lipinski definition) is 0. The minimum absolute atomic E-state index is 0.705. The predicted molar refractivity (Wildman–Crippen MR) is 78.0 cm³/mol. The highest BCUT2D eigenvalue weighted by molar-refractivity contribution is 5.01. The van der Waals surface area contributed by atoms with Crippen LogP contribution in [0.2, 0.25) is 0 Å². The second-order valence-corrected chi connectivity index (χ2v) is 6.38. The Bertz CT molecular complexity index is 240. The van der Waals surface area contributed by atoms with E-state index in [9.17, 15) is 0 Å². The lowest BCUT2D eigenvalue weighted by molar-refractivity contribution is 0.130. The highest BCUT2D eigenvalue weighted by Crippen LogP contribution is 2.42. The van der Waals surface area contributed by atoms with Crippen molar-refractivity contribution in [2.24, 2.45) is 29.6 Å². The Morgan fingerprint density at radius 1 is 1.24 bits per heavy atom. The summed E-state index contributed by atoms with van der Waals surface area (Å²) >= 11 is 0. The van der Waals surface area contributed by atoms with Gasteiger partial charge >= 0.3 is 0 Å². The maximum Gasteiger partial charge on any atom is -0.0206 e. The van der Waals surface area contributed by atoms with Crippen LogP contribution in [-0.2, 0) is 0 Å². The molecule has 0 aliphatic heterocycles. The van der Waals surface area contributed by atoms with Gasteiger partial charge in [-0.25, -0.2) is 0 Å². The molecule has 5 atom stereocenters. The van der Waals surface area contributed by atoms with Crippen molar-refractivity contribution in [2.75, 3.05) is 0 Å². The average Bonchev–Trinajstić information content (AvgIpc) is 2.36. The second-order valence-electron chi connectivity index (χ2n) is 6.38. The van der Waals surface area contributed by atoms with Gasteiger partial charge in [-0.3, -0.25) is 0 Å².